The van der Waals surface area contributed by atoms with Crippen LogP contribution < -0.4 is 10.1 Å². The average Bonchev–Trinajstić information content (AvgIpc) is 2.25. The maximum Gasteiger partial charge on any atom is 0.292 e. The van der Waals surface area contributed by atoms with E-state index >= 15 is 0 Å². The zero-order valence-corrected chi connectivity index (χ0v) is 11.5. The second-order valence-corrected chi connectivity index (χ2v) is 5.22. The number of aryl methyl sites for hydroxylation is 1. The van der Waals surface area contributed by atoms with Crippen molar-refractivity contribution in [3.05, 3.63) is 29.3 Å². The van der Waals surface area contributed by atoms with Gasteiger partial charge in [0.1, 0.15) is 5.75 Å². The van der Waals surface area contributed by atoms with Crippen LogP contribution in [0.15, 0.2) is 18.2 Å². The number of hydrogen-bond acceptors (Lipinski definition) is 3. The first-order valence-electron chi connectivity index (χ1n) is 5.76. The molecule has 0 unspecified atom stereocenters. The standard InChI is InChI=1S/C14H19NO3/c1-9-8-10(6-7-11(9)18-5)12(16)13(17)15-14(2,3)4/h6-8H,1-5H3,(H,15,17). The van der Waals surface area contributed by atoms with Gasteiger partial charge in [-0.15, -0.1) is 0 Å². The van der Waals surface area contributed by atoms with Crippen molar-refractivity contribution < 1.29 is 14.3 Å². The van der Waals surface area contributed by atoms with E-state index in [-0.39, 0.29) is 0 Å². The van der Waals surface area contributed by atoms with Gasteiger partial charge in [-0.05, 0) is 51.5 Å². The summed E-state index contributed by atoms with van der Waals surface area (Å²) in [4.78, 5) is 23.7. The fourth-order valence-electron chi connectivity index (χ4n) is 1.55. The molecule has 0 saturated heterocycles. The summed E-state index contributed by atoms with van der Waals surface area (Å²) in [6.45, 7) is 7.32. The molecule has 0 radical (unpaired) electrons. The van der Waals surface area contributed by atoms with E-state index in [0.29, 0.717) is 11.3 Å². The second kappa shape index (κ2) is 5.21. The van der Waals surface area contributed by atoms with Crippen LogP contribution in [0.25, 0.3) is 0 Å². The number of hydrogen-bond donors (Lipinski definition) is 1. The monoisotopic (exact) mass is 249 g/mol. The lowest BCUT2D eigenvalue weighted by Gasteiger charge is -2.19. The number of methoxy groups -OCH3 is 1. The molecule has 0 bridgehead atoms. The zero-order valence-electron chi connectivity index (χ0n) is 11.5. The van der Waals surface area contributed by atoms with E-state index in [9.17, 15) is 9.59 Å². The Hall–Kier alpha value is -1.84. The topological polar surface area (TPSA) is 55.4 Å². The van der Waals surface area contributed by atoms with Gasteiger partial charge in [-0.2, -0.15) is 0 Å². The number of amides is 1. The molecule has 1 amide bonds. The number of ether oxygens (including phenoxy) is 1. The van der Waals surface area contributed by atoms with Crippen LogP contribution in [0.2, 0.25) is 0 Å². The molecule has 1 rings (SSSR count). The highest BCUT2D eigenvalue weighted by molar-refractivity contribution is 6.43. The molecule has 0 aliphatic rings. The Kier molecular flexibility index (Phi) is 4.11. The number of rotatable bonds is 3. The maximum absolute atomic E-state index is 11.9. The molecule has 1 aromatic rings. The summed E-state index contributed by atoms with van der Waals surface area (Å²) in [5, 5.41) is 2.65. The molecule has 0 heterocycles. The average molecular weight is 249 g/mol. The van der Waals surface area contributed by atoms with Gasteiger partial charge in [0.25, 0.3) is 5.91 Å². The summed E-state index contributed by atoms with van der Waals surface area (Å²) in [5.41, 5.74) is 0.774. The molecule has 0 spiro atoms. The van der Waals surface area contributed by atoms with Crippen molar-refractivity contribution in [3.63, 3.8) is 0 Å². The van der Waals surface area contributed by atoms with E-state index in [0.717, 1.165) is 5.56 Å². The first kappa shape index (κ1) is 14.2. The molecule has 0 fully saturated rings. The third-order valence-corrected chi connectivity index (χ3v) is 2.35. The zero-order chi connectivity index (χ0) is 13.9. The van der Waals surface area contributed by atoms with Crippen molar-refractivity contribution in [2.75, 3.05) is 7.11 Å². The minimum atomic E-state index is -0.591. The van der Waals surface area contributed by atoms with Gasteiger partial charge < -0.3 is 10.1 Å². The summed E-state index contributed by atoms with van der Waals surface area (Å²) < 4.78 is 5.11. The lowest BCUT2D eigenvalue weighted by atomic mass is 10.0. The van der Waals surface area contributed by atoms with Crippen LogP contribution in [-0.4, -0.2) is 24.3 Å². The normalized spacial score (nSPS) is 10.9. The van der Waals surface area contributed by atoms with Crippen molar-refractivity contribution in [1.29, 1.82) is 0 Å². The van der Waals surface area contributed by atoms with Gasteiger partial charge in [-0.3, -0.25) is 9.59 Å². The van der Waals surface area contributed by atoms with Crippen molar-refractivity contribution in [1.82, 2.24) is 5.32 Å². The van der Waals surface area contributed by atoms with E-state index in [2.05, 4.69) is 5.32 Å². The van der Waals surface area contributed by atoms with Crippen LogP contribution in [0, 0.1) is 6.92 Å². The highest BCUT2D eigenvalue weighted by atomic mass is 16.5. The number of ketones is 1. The van der Waals surface area contributed by atoms with Crippen LogP contribution in [0.1, 0.15) is 36.7 Å². The Morgan fingerprint density at radius 2 is 1.83 bits per heavy atom. The van der Waals surface area contributed by atoms with E-state index in [1.54, 1.807) is 25.3 Å². The molecule has 1 aromatic carbocycles. The smallest absolute Gasteiger partial charge is 0.292 e. The predicted molar refractivity (Wildman–Crippen MR) is 70.0 cm³/mol. The molecule has 18 heavy (non-hydrogen) atoms. The molecule has 0 aromatic heterocycles. The maximum atomic E-state index is 11.9. The summed E-state index contributed by atoms with van der Waals surface area (Å²) in [7, 11) is 1.57. The van der Waals surface area contributed by atoms with Gasteiger partial charge >= 0.3 is 0 Å². The van der Waals surface area contributed by atoms with E-state index in [1.807, 2.05) is 27.7 Å². The van der Waals surface area contributed by atoms with Crippen LogP contribution in [0.3, 0.4) is 0 Å². The molecule has 98 valence electrons. The highest BCUT2D eigenvalue weighted by Crippen LogP contribution is 2.18. The minimum Gasteiger partial charge on any atom is -0.496 e. The molecule has 1 N–H and O–H groups in total. The molecule has 0 atom stereocenters. The van der Waals surface area contributed by atoms with Gasteiger partial charge in [0, 0.05) is 11.1 Å². The lowest BCUT2D eigenvalue weighted by molar-refractivity contribution is -0.118. The molecular formula is C14H19NO3. The first-order valence-corrected chi connectivity index (χ1v) is 5.76. The van der Waals surface area contributed by atoms with Gasteiger partial charge in [0.2, 0.25) is 5.78 Å². The summed E-state index contributed by atoms with van der Waals surface area (Å²) in [6, 6.07) is 4.94. The number of benzene rings is 1. The largest absolute Gasteiger partial charge is 0.496 e. The Morgan fingerprint density at radius 1 is 1.22 bits per heavy atom. The quantitative estimate of drug-likeness (QED) is 0.659. The van der Waals surface area contributed by atoms with Crippen LogP contribution >= 0.6 is 0 Å². The molecule has 4 nitrogen and oxygen atoms in total. The molecular weight excluding hydrogens is 230 g/mol. The van der Waals surface area contributed by atoms with E-state index < -0.39 is 17.2 Å². The lowest BCUT2D eigenvalue weighted by Crippen LogP contribution is -2.44. The van der Waals surface area contributed by atoms with Gasteiger partial charge in [-0.1, -0.05) is 0 Å². The summed E-state index contributed by atoms with van der Waals surface area (Å²) >= 11 is 0. The fourth-order valence-corrected chi connectivity index (χ4v) is 1.55. The third-order valence-electron chi connectivity index (χ3n) is 2.35. The fraction of sp³-hybridized carbons (Fsp3) is 0.429. The Bertz CT molecular complexity index is 472. The summed E-state index contributed by atoms with van der Waals surface area (Å²) in [5.74, 6) is -0.425. The third kappa shape index (κ3) is 3.58. The van der Waals surface area contributed by atoms with E-state index in [1.165, 1.54) is 0 Å². The predicted octanol–water partition coefficient (Wildman–Crippen LogP) is 2.10. The van der Waals surface area contributed by atoms with Gasteiger partial charge in [0.05, 0.1) is 7.11 Å². The minimum absolute atomic E-state index is 0.370. The van der Waals surface area contributed by atoms with Gasteiger partial charge in [-0.25, -0.2) is 0 Å². The molecule has 0 aliphatic carbocycles. The number of carbonyl (C=O) groups excluding carboxylic acids is 2. The molecule has 4 heteroatoms. The molecule has 0 aliphatic heterocycles. The van der Waals surface area contributed by atoms with Crippen LogP contribution in [0.4, 0.5) is 0 Å². The Balaban J connectivity index is 2.91. The number of nitrogens with one attached hydrogen (secondary N) is 1. The Labute approximate surface area is 107 Å². The highest BCUT2D eigenvalue weighted by Gasteiger charge is 2.21. The number of carbonyl (C=O) groups is 2. The van der Waals surface area contributed by atoms with Crippen molar-refractivity contribution in [2.45, 2.75) is 33.2 Å². The van der Waals surface area contributed by atoms with Crippen molar-refractivity contribution in [3.8, 4) is 5.75 Å². The van der Waals surface area contributed by atoms with Gasteiger partial charge in [0.15, 0.2) is 0 Å². The van der Waals surface area contributed by atoms with Crippen molar-refractivity contribution in [2.24, 2.45) is 0 Å². The second-order valence-electron chi connectivity index (χ2n) is 5.22. The molecule has 0 saturated carbocycles. The van der Waals surface area contributed by atoms with Crippen molar-refractivity contribution >= 4 is 11.7 Å². The van der Waals surface area contributed by atoms with Crippen LogP contribution in [0.5, 0.6) is 5.75 Å². The first-order chi connectivity index (χ1) is 8.24. The summed E-state index contributed by atoms with van der Waals surface area (Å²) in [6.07, 6.45) is 0. The Morgan fingerprint density at radius 3 is 2.28 bits per heavy atom. The van der Waals surface area contributed by atoms with Crippen LogP contribution in [-0.2, 0) is 4.79 Å². The SMILES string of the molecule is COc1ccc(C(=O)C(=O)NC(C)(C)C)cc1C. The number of Topliss-reactive ketones (excluding diaryl/α,β-unsaturated/α-hetero) is 1. The van der Waals surface area contributed by atoms with E-state index in [4.69, 9.17) is 4.74 Å².